The average molecular weight is 318 g/mol. The van der Waals surface area contributed by atoms with E-state index in [9.17, 15) is 22.8 Å². The van der Waals surface area contributed by atoms with E-state index in [1.165, 1.54) is 6.07 Å². The first-order valence-electron chi connectivity index (χ1n) is 5.54. The number of carbonyl (C=O) groups excluding carboxylic acids is 1. The lowest BCUT2D eigenvalue weighted by molar-refractivity contribution is -0.136. The van der Waals surface area contributed by atoms with Crippen LogP contribution in [0.1, 0.15) is 15.9 Å². The van der Waals surface area contributed by atoms with Gasteiger partial charge in [0, 0.05) is 11.1 Å². The maximum atomic E-state index is 12.9. The summed E-state index contributed by atoms with van der Waals surface area (Å²) in [6.07, 6.45) is -3.81. The van der Waals surface area contributed by atoms with Crippen LogP contribution in [-0.2, 0) is 6.18 Å². The molecule has 110 valence electrons. The van der Waals surface area contributed by atoms with Crippen LogP contribution in [-0.4, -0.2) is 5.91 Å². The number of halogens is 4. The predicted molar refractivity (Wildman–Crippen MR) is 69.4 cm³/mol. The normalized spacial score (nSPS) is 11.2. The molecule has 8 heteroatoms. The van der Waals surface area contributed by atoms with Crippen molar-refractivity contribution in [1.29, 1.82) is 0 Å². The zero-order chi connectivity index (χ0) is 15.6. The second-order valence-electron chi connectivity index (χ2n) is 3.99. The summed E-state index contributed by atoms with van der Waals surface area (Å²) in [5.74, 6) is -0.841. The minimum atomic E-state index is -4.67. The Kier molecular flexibility index (Phi) is 4.04. The van der Waals surface area contributed by atoms with Gasteiger partial charge in [-0.25, -0.2) is 4.79 Å². The van der Waals surface area contributed by atoms with Crippen LogP contribution in [0.3, 0.4) is 0 Å². The fraction of sp³-hybridized carbons (Fsp3) is 0.0769. The Hall–Kier alpha value is -2.28. The SMILES string of the molecule is O=C(Nc1ccc(Cl)cc1C(F)(F)F)c1ccc(=O)oc1. The van der Waals surface area contributed by atoms with E-state index in [2.05, 4.69) is 9.73 Å². The van der Waals surface area contributed by atoms with Gasteiger partial charge in [-0.05, 0) is 24.3 Å². The number of carbonyl (C=O) groups is 1. The van der Waals surface area contributed by atoms with E-state index >= 15 is 0 Å². The van der Waals surface area contributed by atoms with Crippen molar-refractivity contribution in [3.8, 4) is 0 Å². The second kappa shape index (κ2) is 5.61. The zero-order valence-corrected chi connectivity index (χ0v) is 11.0. The van der Waals surface area contributed by atoms with Crippen molar-refractivity contribution in [1.82, 2.24) is 0 Å². The van der Waals surface area contributed by atoms with Crippen molar-refractivity contribution in [2.75, 3.05) is 5.32 Å². The fourth-order valence-corrected chi connectivity index (χ4v) is 1.71. The van der Waals surface area contributed by atoms with Gasteiger partial charge in [0.2, 0.25) is 0 Å². The molecule has 0 saturated carbocycles. The highest BCUT2D eigenvalue weighted by Crippen LogP contribution is 2.36. The molecule has 0 aliphatic rings. The first-order chi connectivity index (χ1) is 9.77. The summed E-state index contributed by atoms with van der Waals surface area (Å²) in [6.45, 7) is 0. The lowest BCUT2D eigenvalue weighted by Crippen LogP contribution is -2.17. The van der Waals surface area contributed by atoms with Crippen molar-refractivity contribution in [2.45, 2.75) is 6.18 Å². The van der Waals surface area contributed by atoms with E-state index in [0.717, 1.165) is 24.5 Å². The third-order valence-corrected chi connectivity index (χ3v) is 2.73. The van der Waals surface area contributed by atoms with Crippen LogP contribution in [0.4, 0.5) is 18.9 Å². The molecule has 0 radical (unpaired) electrons. The van der Waals surface area contributed by atoms with E-state index in [1.54, 1.807) is 0 Å². The van der Waals surface area contributed by atoms with Gasteiger partial charge in [-0.3, -0.25) is 4.79 Å². The molecular weight excluding hydrogens is 311 g/mol. The molecule has 1 amide bonds. The van der Waals surface area contributed by atoms with Crippen molar-refractivity contribution in [3.05, 3.63) is 63.2 Å². The quantitative estimate of drug-likeness (QED) is 0.921. The number of hydrogen-bond donors (Lipinski definition) is 1. The Morgan fingerprint density at radius 3 is 2.48 bits per heavy atom. The molecule has 0 spiro atoms. The Balaban J connectivity index is 2.33. The van der Waals surface area contributed by atoms with E-state index in [1.807, 2.05) is 0 Å². The van der Waals surface area contributed by atoms with Crippen molar-refractivity contribution in [2.24, 2.45) is 0 Å². The molecule has 0 saturated heterocycles. The van der Waals surface area contributed by atoms with Crippen LogP contribution in [0.5, 0.6) is 0 Å². The van der Waals surface area contributed by atoms with Gasteiger partial charge < -0.3 is 9.73 Å². The average Bonchev–Trinajstić information content (AvgIpc) is 2.40. The molecule has 21 heavy (non-hydrogen) atoms. The Bertz CT molecular complexity index is 720. The zero-order valence-electron chi connectivity index (χ0n) is 10.2. The third-order valence-electron chi connectivity index (χ3n) is 2.50. The van der Waals surface area contributed by atoms with E-state index < -0.39 is 29.0 Å². The molecule has 1 N–H and O–H groups in total. The molecule has 0 aliphatic carbocycles. The molecule has 0 unspecified atom stereocenters. The number of alkyl halides is 3. The molecular formula is C13H7ClF3NO3. The molecule has 0 atom stereocenters. The monoisotopic (exact) mass is 317 g/mol. The lowest BCUT2D eigenvalue weighted by atomic mass is 10.1. The number of benzene rings is 1. The summed E-state index contributed by atoms with van der Waals surface area (Å²) in [5.41, 5.74) is -2.27. The smallest absolute Gasteiger partial charge is 0.418 e. The van der Waals surface area contributed by atoms with Crippen molar-refractivity contribution in [3.63, 3.8) is 0 Å². The first-order valence-corrected chi connectivity index (χ1v) is 5.92. The number of amides is 1. The molecule has 0 bridgehead atoms. The highest BCUT2D eigenvalue weighted by Gasteiger charge is 2.34. The molecule has 0 aliphatic heterocycles. The highest BCUT2D eigenvalue weighted by atomic mass is 35.5. The lowest BCUT2D eigenvalue weighted by Gasteiger charge is -2.14. The topological polar surface area (TPSA) is 59.3 Å². The van der Waals surface area contributed by atoms with Gasteiger partial charge in [0.15, 0.2) is 0 Å². The van der Waals surface area contributed by atoms with Gasteiger partial charge in [-0.1, -0.05) is 11.6 Å². The predicted octanol–water partition coefficient (Wildman–Crippen LogP) is 3.56. The van der Waals surface area contributed by atoms with Gasteiger partial charge in [-0.15, -0.1) is 0 Å². The van der Waals surface area contributed by atoms with Gasteiger partial charge in [0.05, 0.1) is 16.8 Å². The van der Waals surface area contributed by atoms with Crippen LogP contribution < -0.4 is 10.9 Å². The summed E-state index contributed by atoms with van der Waals surface area (Å²) >= 11 is 5.53. The summed E-state index contributed by atoms with van der Waals surface area (Å²) in [5, 5.41) is 1.99. The van der Waals surface area contributed by atoms with Gasteiger partial charge in [0.1, 0.15) is 6.26 Å². The van der Waals surface area contributed by atoms with Crippen molar-refractivity contribution < 1.29 is 22.4 Å². The number of nitrogens with one attached hydrogen (secondary N) is 1. The third kappa shape index (κ3) is 3.63. The van der Waals surface area contributed by atoms with Crippen LogP contribution >= 0.6 is 11.6 Å². The number of anilines is 1. The Morgan fingerprint density at radius 2 is 1.90 bits per heavy atom. The molecule has 1 heterocycles. The molecule has 2 aromatic rings. The standard InChI is InChI=1S/C13H7ClF3NO3/c14-8-2-3-10(9(5-8)13(15,16)17)18-12(20)7-1-4-11(19)21-6-7/h1-6H,(H,18,20). The van der Waals surface area contributed by atoms with Crippen LogP contribution in [0.15, 0.2) is 45.8 Å². The van der Waals surface area contributed by atoms with Crippen molar-refractivity contribution >= 4 is 23.2 Å². The summed E-state index contributed by atoms with van der Waals surface area (Å²) < 4.78 is 43.1. The van der Waals surface area contributed by atoms with Gasteiger partial charge >= 0.3 is 11.8 Å². The largest absolute Gasteiger partial charge is 0.430 e. The maximum absolute atomic E-state index is 12.9. The van der Waals surface area contributed by atoms with Gasteiger partial charge in [-0.2, -0.15) is 13.2 Å². The second-order valence-corrected chi connectivity index (χ2v) is 4.42. The first kappa shape index (κ1) is 15.1. The molecule has 1 aromatic heterocycles. The Morgan fingerprint density at radius 1 is 1.19 bits per heavy atom. The van der Waals surface area contributed by atoms with E-state index in [0.29, 0.717) is 6.07 Å². The van der Waals surface area contributed by atoms with E-state index in [4.69, 9.17) is 11.6 Å². The maximum Gasteiger partial charge on any atom is 0.418 e. The minimum Gasteiger partial charge on any atom is -0.430 e. The fourth-order valence-electron chi connectivity index (χ4n) is 1.54. The van der Waals surface area contributed by atoms with Crippen LogP contribution in [0, 0.1) is 0 Å². The van der Waals surface area contributed by atoms with E-state index in [-0.39, 0.29) is 10.6 Å². The Labute approximate surface area is 121 Å². The highest BCUT2D eigenvalue weighted by molar-refractivity contribution is 6.30. The summed E-state index contributed by atoms with van der Waals surface area (Å²) in [4.78, 5) is 22.6. The molecule has 0 fully saturated rings. The molecule has 4 nitrogen and oxygen atoms in total. The van der Waals surface area contributed by atoms with Crippen LogP contribution in [0.2, 0.25) is 5.02 Å². The minimum absolute atomic E-state index is 0.0855. The summed E-state index contributed by atoms with van der Waals surface area (Å²) in [6, 6.07) is 5.10. The molecule has 1 aromatic carbocycles. The number of rotatable bonds is 2. The van der Waals surface area contributed by atoms with Gasteiger partial charge in [0.25, 0.3) is 5.91 Å². The van der Waals surface area contributed by atoms with Crippen LogP contribution in [0.25, 0.3) is 0 Å². The molecule has 2 rings (SSSR count). The summed E-state index contributed by atoms with van der Waals surface area (Å²) in [7, 11) is 0. The number of hydrogen-bond acceptors (Lipinski definition) is 3.